The number of hydrogen-bond acceptors (Lipinski definition) is 4. The minimum atomic E-state index is -1.23. The summed E-state index contributed by atoms with van der Waals surface area (Å²) in [7, 11) is 0. The summed E-state index contributed by atoms with van der Waals surface area (Å²) < 4.78 is 35.0. The molecule has 0 spiro atoms. The van der Waals surface area contributed by atoms with Crippen molar-refractivity contribution in [3.05, 3.63) is 102 Å². The van der Waals surface area contributed by atoms with Crippen LogP contribution in [0.1, 0.15) is 35.3 Å². The number of halogens is 3. The SMILES string of the molecule is C[C@@H](NCCC1CN(c2cc(F)cc(C(=O)O)c2)c2cccc(F)c2O1)c1cccc2ccccc12.Cl. The fraction of sp³-hybridized carbons (Fsp3) is 0.207. The van der Waals surface area contributed by atoms with E-state index in [1.165, 1.54) is 34.5 Å². The Morgan fingerprint density at radius 1 is 1.08 bits per heavy atom. The van der Waals surface area contributed by atoms with E-state index >= 15 is 0 Å². The average molecular weight is 525 g/mol. The number of ether oxygens (including phenoxy) is 1. The molecule has 192 valence electrons. The number of rotatable bonds is 7. The first-order chi connectivity index (χ1) is 17.4. The van der Waals surface area contributed by atoms with E-state index in [-0.39, 0.29) is 29.8 Å². The van der Waals surface area contributed by atoms with Gasteiger partial charge in [0.1, 0.15) is 11.9 Å². The van der Waals surface area contributed by atoms with Crippen LogP contribution in [0.3, 0.4) is 0 Å². The normalized spacial score (nSPS) is 15.4. The van der Waals surface area contributed by atoms with Crippen molar-refractivity contribution in [2.75, 3.05) is 18.0 Å². The Hall–Kier alpha value is -3.68. The zero-order valence-corrected chi connectivity index (χ0v) is 21.0. The molecule has 0 amide bonds. The number of anilines is 2. The number of carbonyl (C=O) groups is 1. The van der Waals surface area contributed by atoms with Crippen molar-refractivity contribution in [2.24, 2.45) is 0 Å². The van der Waals surface area contributed by atoms with Crippen LogP contribution >= 0.6 is 12.4 Å². The van der Waals surface area contributed by atoms with Crippen LogP contribution in [-0.2, 0) is 0 Å². The lowest BCUT2D eigenvalue weighted by Gasteiger charge is -2.36. The van der Waals surface area contributed by atoms with Crippen molar-refractivity contribution in [3.8, 4) is 5.75 Å². The molecule has 0 bridgehead atoms. The molecule has 4 aromatic rings. The van der Waals surface area contributed by atoms with Crippen molar-refractivity contribution >= 4 is 40.5 Å². The largest absolute Gasteiger partial charge is 0.483 e. The van der Waals surface area contributed by atoms with E-state index in [0.29, 0.717) is 30.9 Å². The van der Waals surface area contributed by atoms with Gasteiger partial charge < -0.3 is 20.1 Å². The van der Waals surface area contributed by atoms with Crippen LogP contribution in [0.25, 0.3) is 10.8 Å². The van der Waals surface area contributed by atoms with E-state index in [0.717, 1.165) is 6.07 Å². The Balaban J connectivity index is 0.00000320. The van der Waals surface area contributed by atoms with Crippen molar-refractivity contribution in [2.45, 2.75) is 25.5 Å². The van der Waals surface area contributed by atoms with Crippen molar-refractivity contribution in [3.63, 3.8) is 0 Å². The fourth-order valence-corrected chi connectivity index (χ4v) is 4.78. The maximum atomic E-state index is 14.7. The maximum absolute atomic E-state index is 14.7. The number of fused-ring (bicyclic) bond motifs is 2. The van der Waals surface area contributed by atoms with E-state index in [2.05, 4.69) is 36.5 Å². The maximum Gasteiger partial charge on any atom is 0.335 e. The number of carboxylic acid groups (broad SMARTS) is 1. The van der Waals surface area contributed by atoms with Crippen LogP contribution in [0.2, 0.25) is 0 Å². The van der Waals surface area contributed by atoms with E-state index in [4.69, 9.17) is 4.74 Å². The molecular weight excluding hydrogens is 498 g/mol. The molecule has 4 aromatic carbocycles. The van der Waals surface area contributed by atoms with Gasteiger partial charge in [-0.3, -0.25) is 0 Å². The Bertz CT molecular complexity index is 1430. The Morgan fingerprint density at radius 2 is 1.84 bits per heavy atom. The van der Waals surface area contributed by atoms with Gasteiger partial charge in [-0.15, -0.1) is 12.4 Å². The predicted octanol–water partition coefficient (Wildman–Crippen LogP) is 6.88. The molecule has 0 saturated carbocycles. The summed E-state index contributed by atoms with van der Waals surface area (Å²) in [4.78, 5) is 13.2. The predicted molar refractivity (Wildman–Crippen MR) is 143 cm³/mol. The molecule has 1 heterocycles. The summed E-state index contributed by atoms with van der Waals surface area (Å²) in [6, 6.07) is 22.7. The lowest BCUT2D eigenvalue weighted by molar-refractivity contribution is 0.0696. The lowest BCUT2D eigenvalue weighted by Crippen LogP contribution is -2.39. The molecule has 0 fully saturated rings. The topological polar surface area (TPSA) is 61.8 Å². The van der Waals surface area contributed by atoms with Crippen molar-refractivity contribution in [1.29, 1.82) is 0 Å². The van der Waals surface area contributed by atoms with Gasteiger partial charge in [-0.1, -0.05) is 48.5 Å². The third kappa shape index (κ3) is 5.53. The van der Waals surface area contributed by atoms with Crippen LogP contribution in [0.4, 0.5) is 20.2 Å². The van der Waals surface area contributed by atoms with E-state index < -0.39 is 23.7 Å². The first kappa shape index (κ1) is 26.4. The van der Waals surface area contributed by atoms with Gasteiger partial charge in [-0.25, -0.2) is 13.6 Å². The van der Waals surface area contributed by atoms with Gasteiger partial charge >= 0.3 is 5.97 Å². The molecule has 5 nitrogen and oxygen atoms in total. The van der Waals surface area contributed by atoms with Crippen LogP contribution in [-0.4, -0.2) is 30.3 Å². The standard InChI is InChI=1S/C29H26F2N2O3.ClH/c1-18(24-9-4-7-19-6-2-3-8-25(19)24)32-13-12-23-17-33(27-11-5-10-26(31)28(27)36-23)22-15-20(29(34)35)14-21(30)16-22;/h2-11,14-16,18,23,32H,12-13,17H2,1H3,(H,34,35);1H/t18-,23?;/m1./s1. The third-order valence-electron chi connectivity index (χ3n) is 6.56. The molecule has 5 rings (SSSR count). The first-order valence-electron chi connectivity index (χ1n) is 11.9. The highest BCUT2D eigenvalue weighted by Gasteiger charge is 2.29. The molecule has 1 unspecified atom stereocenters. The summed E-state index contributed by atoms with van der Waals surface area (Å²) in [5, 5.41) is 15.3. The van der Waals surface area contributed by atoms with Crippen molar-refractivity contribution in [1.82, 2.24) is 5.32 Å². The van der Waals surface area contributed by atoms with Gasteiger partial charge in [0, 0.05) is 11.7 Å². The quantitative estimate of drug-likeness (QED) is 0.276. The summed E-state index contributed by atoms with van der Waals surface area (Å²) >= 11 is 0. The molecule has 0 radical (unpaired) electrons. The minimum Gasteiger partial charge on any atom is -0.483 e. The third-order valence-corrected chi connectivity index (χ3v) is 6.56. The van der Waals surface area contributed by atoms with Crippen LogP contribution in [0.5, 0.6) is 5.75 Å². The molecule has 0 aliphatic carbocycles. The second-order valence-corrected chi connectivity index (χ2v) is 8.97. The van der Waals surface area contributed by atoms with E-state index in [9.17, 15) is 18.7 Å². The molecule has 37 heavy (non-hydrogen) atoms. The van der Waals surface area contributed by atoms with Gasteiger partial charge in [0.05, 0.1) is 17.8 Å². The second kappa shape index (κ2) is 11.2. The molecule has 0 saturated heterocycles. The monoisotopic (exact) mass is 524 g/mol. The second-order valence-electron chi connectivity index (χ2n) is 8.97. The summed E-state index contributed by atoms with van der Waals surface area (Å²) in [6.07, 6.45) is 0.179. The van der Waals surface area contributed by atoms with Crippen LogP contribution in [0.15, 0.2) is 78.9 Å². The molecular formula is C29H27ClF2N2O3. The number of nitrogens with zero attached hydrogens (tertiary/aromatic N) is 1. The summed E-state index contributed by atoms with van der Waals surface area (Å²) in [5.41, 5.74) is 1.79. The van der Waals surface area contributed by atoms with Gasteiger partial charge in [0.15, 0.2) is 11.6 Å². The van der Waals surface area contributed by atoms with Gasteiger partial charge in [0.25, 0.3) is 0 Å². The average Bonchev–Trinajstić information content (AvgIpc) is 2.88. The van der Waals surface area contributed by atoms with Gasteiger partial charge in [-0.05, 0) is 66.6 Å². The highest BCUT2D eigenvalue weighted by Crippen LogP contribution is 2.40. The first-order valence-corrected chi connectivity index (χ1v) is 11.9. The van der Waals surface area contributed by atoms with Crippen molar-refractivity contribution < 1.29 is 23.4 Å². The Kier molecular flexibility index (Phi) is 7.95. The molecule has 1 aliphatic rings. The molecule has 1 aliphatic heterocycles. The molecule has 2 atom stereocenters. The summed E-state index contributed by atoms with van der Waals surface area (Å²) in [6.45, 7) is 3.03. The van der Waals surface area contributed by atoms with Gasteiger partial charge in [-0.2, -0.15) is 0 Å². The zero-order chi connectivity index (χ0) is 25.2. The van der Waals surface area contributed by atoms with Gasteiger partial charge in [0.2, 0.25) is 0 Å². The number of carboxylic acids is 1. The number of hydrogen-bond donors (Lipinski definition) is 2. The van der Waals surface area contributed by atoms with E-state index in [1.807, 2.05) is 18.2 Å². The zero-order valence-electron chi connectivity index (χ0n) is 20.2. The number of benzene rings is 4. The lowest BCUT2D eigenvalue weighted by atomic mass is 9.99. The van der Waals surface area contributed by atoms with Crippen LogP contribution in [0, 0.1) is 11.6 Å². The highest BCUT2D eigenvalue weighted by molar-refractivity contribution is 5.89. The number of aromatic carboxylic acids is 1. The summed E-state index contributed by atoms with van der Waals surface area (Å²) in [5.74, 6) is -2.34. The fourth-order valence-electron chi connectivity index (χ4n) is 4.78. The molecule has 8 heteroatoms. The Morgan fingerprint density at radius 3 is 2.65 bits per heavy atom. The molecule has 2 N–H and O–H groups in total. The van der Waals surface area contributed by atoms with Crippen LogP contribution < -0.4 is 15.0 Å². The smallest absolute Gasteiger partial charge is 0.335 e. The Labute approximate surface area is 220 Å². The van der Waals surface area contributed by atoms with E-state index in [1.54, 1.807) is 17.0 Å². The number of para-hydroxylation sites is 1. The number of nitrogens with one attached hydrogen (secondary N) is 1. The highest BCUT2D eigenvalue weighted by atomic mass is 35.5. The molecule has 0 aromatic heterocycles. The minimum absolute atomic E-state index is 0.